The van der Waals surface area contributed by atoms with Crippen LogP contribution in [0, 0.1) is 12.8 Å². The minimum atomic E-state index is 0.146. The Morgan fingerprint density at radius 2 is 1.77 bits per heavy atom. The highest BCUT2D eigenvalue weighted by Crippen LogP contribution is 2.25. The first-order valence-electron chi connectivity index (χ1n) is 10.2. The van der Waals surface area contributed by atoms with Crippen LogP contribution in [0.4, 0.5) is 0 Å². The summed E-state index contributed by atoms with van der Waals surface area (Å²) >= 11 is 6.58. The zero-order chi connectivity index (χ0) is 21.7. The van der Waals surface area contributed by atoms with Gasteiger partial charge in [-0.05, 0) is 49.7 Å². The van der Waals surface area contributed by atoms with Crippen LogP contribution in [-0.2, 0) is 13.2 Å². The maximum Gasteiger partial charge on any atom is 0.139 e. The van der Waals surface area contributed by atoms with Crippen molar-refractivity contribution < 1.29 is 9.84 Å². The number of halogens is 1. The number of rotatable bonds is 9. The average molecular weight is 428 g/mol. The van der Waals surface area contributed by atoms with E-state index >= 15 is 0 Å². The summed E-state index contributed by atoms with van der Waals surface area (Å²) in [4.78, 5) is 2.18. The van der Waals surface area contributed by atoms with Gasteiger partial charge in [0.05, 0.1) is 18.0 Å². The summed E-state index contributed by atoms with van der Waals surface area (Å²) in [5.41, 5.74) is 3.83. The van der Waals surface area contributed by atoms with E-state index in [-0.39, 0.29) is 12.6 Å². The Hall–Kier alpha value is -2.34. The molecule has 0 saturated heterocycles. The molecule has 1 N–H and O–H groups in total. The molecule has 1 aromatic heterocycles. The number of hydrogen-bond acceptors (Lipinski definition) is 4. The highest BCUT2D eigenvalue weighted by molar-refractivity contribution is 6.30. The summed E-state index contributed by atoms with van der Waals surface area (Å²) in [5.74, 6) is 1.18. The number of aryl methyl sites for hydroxylation is 1. The van der Waals surface area contributed by atoms with Crippen molar-refractivity contribution in [1.82, 2.24) is 14.7 Å². The molecule has 0 fully saturated rings. The van der Waals surface area contributed by atoms with Crippen LogP contribution in [0.1, 0.15) is 30.7 Å². The van der Waals surface area contributed by atoms with Gasteiger partial charge in [0.2, 0.25) is 0 Å². The lowest BCUT2D eigenvalue weighted by molar-refractivity contribution is 0.108. The van der Waals surface area contributed by atoms with E-state index in [2.05, 4.69) is 36.0 Å². The largest absolute Gasteiger partial charge is 0.489 e. The van der Waals surface area contributed by atoms with Gasteiger partial charge in [-0.25, -0.2) is 4.68 Å². The molecule has 0 bridgehead atoms. The number of aliphatic hydroxyl groups excluding tert-OH is 1. The minimum Gasteiger partial charge on any atom is -0.489 e. The number of benzene rings is 2. The van der Waals surface area contributed by atoms with Crippen LogP contribution < -0.4 is 4.74 Å². The van der Waals surface area contributed by atoms with E-state index in [4.69, 9.17) is 16.3 Å². The van der Waals surface area contributed by atoms with E-state index in [0.29, 0.717) is 17.7 Å². The number of aromatic nitrogens is 2. The van der Waals surface area contributed by atoms with E-state index in [1.165, 1.54) is 5.56 Å². The molecule has 0 amide bonds. The molecule has 5 nitrogen and oxygen atoms in total. The summed E-state index contributed by atoms with van der Waals surface area (Å²) in [5, 5.41) is 14.7. The second-order valence-electron chi connectivity index (χ2n) is 7.94. The molecule has 3 aromatic rings. The van der Waals surface area contributed by atoms with Crippen molar-refractivity contribution in [2.24, 2.45) is 5.92 Å². The number of aliphatic hydroxyl groups is 1. The Bertz CT molecular complexity index is 939. The van der Waals surface area contributed by atoms with E-state index in [1.54, 1.807) is 4.68 Å². The summed E-state index contributed by atoms with van der Waals surface area (Å²) in [6.07, 6.45) is 0. The van der Waals surface area contributed by atoms with Gasteiger partial charge in [0.25, 0.3) is 0 Å². The molecular weight excluding hydrogens is 398 g/mol. The molecule has 3 rings (SSSR count). The van der Waals surface area contributed by atoms with Crippen molar-refractivity contribution in [3.8, 4) is 11.4 Å². The maximum absolute atomic E-state index is 9.61. The summed E-state index contributed by atoms with van der Waals surface area (Å²) < 4.78 is 7.72. The molecule has 6 heteroatoms. The van der Waals surface area contributed by atoms with E-state index in [1.807, 2.05) is 56.4 Å². The van der Waals surface area contributed by atoms with Crippen molar-refractivity contribution in [2.45, 2.75) is 40.0 Å². The van der Waals surface area contributed by atoms with Crippen molar-refractivity contribution >= 4 is 11.6 Å². The first-order valence-corrected chi connectivity index (χ1v) is 10.6. The molecule has 0 saturated carbocycles. The Morgan fingerprint density at radius 1 is 1.10 bits per heavy atom. The molecule has 0 aliphatic rings. The molecule has 0 radical (unpaired) electrons. The molecule has 0 aliphatic heterocycles. The Balaban J connectivity index is 1.64. The number of para-hydroxylation sites is 1. The topological polar surface area (TPSA) is 50.5 Å². The molecule has 2 aromatic carbocycles. The molecule has 1 heterocycles. The molecular formula is C24H30ClN3O2. The average Bonchev–Trinajstić information content (AvgIpc) is 3.02. The van der Waals surface area contributed by atoms with Crippen LogP contribution in [0.3, 0.4) is 0 Å². The standard InChI is InChI=1S/C24H30ClN3O2/c1-17(2)23(15-29)27(4)14-19-10-12-21(13-11-19)30-16-22-18(3)26-28(24(22)25)20-8-6-5-7-9-20/h5-13,17,23,29H,14-16H2,1-4H3/t23-/m0/s1. The third kappa shape index (κ3) is 5.22. The van der Waals surface area contributed by atoms with Crippen molar-refractivity contribution in [1.29, 1.82) is 0 Å². The van der Waals surface area contributed by atoms with Gasteiger partial charge in [-0.1, -0.05) is 55.8 Å². The van der Waals surface area contributed by atoms with Crippen LogP contribution in [0.5, 0.6) is 5.75 Å². The Kier molecular flexibility index (Phi) is 7.53. The van der Waals surface area contributed by atoms with E-state index in [9.17, 15) is 5.11 Å². The third-order valence-electron chi connectivity index (χ3n) is 5.38. The first-order chi connectivity index (χ1) is 14.4. The van der Waals surface area contributed by atoms with E-state index < -0.39 is 0 Å². The summed E-state index contributed by atoms with van der Waals surface area (Å²) in [7, 11) is 2.04. The zero-order valence-corrected chi connectivity index (χ0v) is 18.8. The zero-order valence-electron chi connectivity index (χ0n) is 18.0. The van der Waals surface area contributed by atoms with Crippen molar-refractivity contribution in [3.05, 3.63) is 76.6 Å². The number of hydrogen-bond donors (Lipinski definition) is 1. The van der Waals surface area contributed by atoms with Crippen LogP contribution in [0.15, 0.2) is 54.6 Å². The lowest BCUT2D eigenvalue weighted by Crippen LogP contribution is -2.38. The smallest absolute Gasteiger partial charge is 0.139 e. The van der Waals surface area contributed by atoms with E-state index in [0.717, 1.165) is 29.2 Å². The summed E-state index contributed by atoms with van der Waals surface area (Å²) in [6, 6.07) is 18.0. The van der Waals surface area contributed by atoms with Gasteiger partial charge in [-0.3, -0.25) is 4.90 Å². The lowest BCUT2D eigenvalue weighted by atomic mass is 10.0. The fourth-order valence-electron chi connectivity index (χ4n) is 3.55. The number of ether oxygens (including phenoxy) is 1. The second-order valence-corrected chi connectivity index (χ2v) is 8.30. The predicted molar refractivity (Wildman–Crippen MR) is 121 cm³/mol. The number of nitrogens with zero attached hydrogens (tertiary/aromatic N) is 3. The second kappa shape index (κ2) is 10.1. The molecule has 1 atom stereocenters. The quantitative estimate of drug-likeness (QED) is 0.529. The molecule has 30 heavy (non-hydrogen) atoms. The first kappa shape index (κ1) is 22.3. The van der Waals surface area contributed by atoms with Gasteiger partial charge in [0.15, 0.2) is 0 Å². The predicted octanol–water partition coefficient (Wildman–Crippen LogP) is 4.86. The number of likely N-dealkylation sites (N-methyl/N-ethyl adjacent to an activating group) is 1. The normalized spacial score (nSPS) is 12.5. The van der Waals surface area contributed by atoms with Gasteiger partial charge in [0.1, 0.15) is 17.5 Å². The lowest BCUT2D eigenvalue weighted by Gasteiger charge is -2.29. The molecule has 0 aliphatic carbocycles. The minimum absolute atomic E-state index is 0.146. The van der Waals surface area contributed by atoms with Crippen LogP contribution in [0.2, 0.25) is 5.15 Å². The molecule has 160 valence electrons. The fraction of sp³-hybridized carbons (Fsp3) is 0.375. The fourth-order valence-corrected chi connectivity index (χ4v) is 3.87. The Morgan fingerprint density at radius 3 is 2.37 bits per heavy atom. The van der Waals surface area contributed by atoms with Crippen LogP contribution in [-0.4, -0.2) is 39.5 Å². The van der Waals surface area contributed by atoms with Gasteiger partial charge in [-0.2, -0.15) is 5.10 Å². The monoisotopic (exact) mass is 427 g/mol. The molecule has 0 spiro atoms. The Labute approximate surface area is 183 Å². The highest BCUT2D eigenvalue weighted by atomic mass is 35.5. The van der Waals surface area contributed by atoms with Gasteiger partial charge < -0.3 is 9.84 Å². The van der Waals surface area contributed by atoms with Gasteiger partial charge >= 0.3 is 0 Å². The van der Waals surface area contributed by atoms with Crippen LogP contribution >= 0.6 is 11.6 Å². The van der Waals surface area contributed by atoms with Gasteiger partial charge in [0, 0.05) is 18.2 Å². The van der Waals surface area contributed by atoms with Crippen LogP contribution in [0.25, 0.3) is 5.69 Å². The maximum atomic E-state index is 9.61. The van der Waals surface area contributed by atoms with Crippen molar-refractivity contribution in [3.63, 3.8) is 0 Å². The SMILES string of the molecule is Cc1nn(-c2ccccc2)c(Cl)c1COc1ccc(CN(C)[C@@H](CO)C(C)C)cc1. The highest BCUT2D eigenvalue weighted by Gasteiger charge is 2.18. The summed E-state index contributed by atoms with van der Waals surface area (Å²) in [6.45, 7) is 7.49. The third-order valence-corrected chi connectivity index (χ3v) is 5.77. The van der Waals surface area contributed by atoms with Gasteiger partial charge in [-0.15, -0.1) is 0 Å². The molecule has 0 unspecified atom stereocenters. The van der Waals surface area contributed by atoms with Crippen molar-refractivity contribution in [2.75, 3.05) is 13.7 Å².